The standard InChI is InChI=1S/C14H24N2O5/c1-10(2)8-15(9-12(17)18)14(20)16-7-5-4-6-11(16)13(19)21-3/h10-11H,4-9H2,1-3H3,(H,17,18). The zero-order chi connectivity index (χ0) is 16.0. The van der Waals surface area contributed by atoms with Crippen LogP contribution in [0.3, 0.4) is 0 Å². The molecule has 0 spiro atoms. The number of nitrogens with zero attached hydrogens (tertiary/aromatic N) is 2. The van der Waals surface area contributed by atoms with Crippen LogP contribution in [0.4, 0.5) is 4.79 Å². The van der Waals surface area contributed by atoms with E-state index in [1.54, 1.807) is 0 Å². The van der Waals surface area contributed by atoms with Gasteiger partial charge in [-0.3, -0.25) is 4.79 Å². The summed E-state index contributed by atoms with van der Waals surface area (Å²) < 4.78 is 4.74. The Morgan fingerprint density at radius 3 is 2.52 bits per heavy atom. The van der Waals surface area contributed by atoms with Gasteiger partial charge >= 0.3 is 18.0 Å². The molecule has 1 unspecified atom stereocenters. The lowest BCUT2D eigenvalue weighted by atomic mass is 10.0. The van der Waals surface area contributed by atoms with E-state index in [1.165, 1.54) is 16.9 Å². The molecule has 1 aliphatic heterocycles. The molecular formula is C14H24N2O5. The maximum absolute atomic E-state index is 12.6. The highest BCUT2D eigenvalue weighted by Gasteiger charge is 2.35. The second kappa shape index (κ2) is 7.85. The average molecular weight is 300 g/mol. The predicted octanol–water partition coefficient (Wildman–Crippen LogP) is 1.18. The minimum atomic E-state index is -1.06. The molecule has 7 nitrogen and oxygen atoms in total. The van der Waals surface area contributed by atoms with Gasteiger partial charge in [0, 0.05) is 13.1 Å². The summed E-state index contributed by atoms with van der Waals surface area (Å²) in [7, 11) is 1.29. The summed E-state index contributed by atoms with van der Waals surface area (Å²) in [4.78, 5) is 38.1. The normalized spacial score (nSPS) is 18.5. The third kappa shape index (κ3) is 4.91. The van der Waals surface area contributed by atoms with Gasteiger partial charge < -0.3 is 19.6 Å². The highest BCUT2D eigenvalue weighted by Crippen LogP contribution is 2.20. The molecule has 21 heavy (non-hydrogen) atoms. The summed E-state index contributed by atoms with van der Waals surface area (Å²) in [5.74, 6) is -1.35. The number of carboxylic acids is 1. The number of piperidine rings is 1. The molecule has 0 aliphatic carbocycles. The van der Waals surface area contributed by atoms with E-state index in [1.807, 2.05) is 13.8 Å². The summed E-state index contributed by atoms with van der Waals surface area (Å²) in [6.07, 6.45) is 2.22. The number of amides is 2. The Morgan fingerprint density at radius 1 is 1.33 bits per heavy atom. The molecule has 120 valence electrons. The number of ether oxygens (including phenoxy) is 1. The molecule has 1 saturated heterocycles. The second-order valence-electron chi connectivity index (χ2n) is 5.68. The molecule has 1 aliphatic rings. The van der Waals surface area contributed by atoms with Gasteiger partial charge in [-0.1, -0.05) is 13.8 Å². The maximum Gasteiger partial charge on any atom is 0.328 e. The number of esters is 1. The van der Waals surface area contributed by atoms with E-state index >= 15 is 0 Å². The Hall–Kier alpha value is -1.79. The lowest BCUT2D eigenvalue weighted by molar-refractivity contribution is -0.147. The Kier molecular flexibility index (Phi) is 6.45. The molecule has 1 fully saturated rings. The number of carbonyl (C=O) groups is 3. The molecular weight excluding hydrogens is 276 g/mol. The summed E-state index contributed by atoms with van der Waals surface area (Å²) >= 11 is 0. The number of urea groups is 1. The van der Waals surface area contributed by atoms with Crippen molar-refractivity contribution < 1.29 is 24.2 Å². The van der Waals surface area contributed by atoms with Gasteiger partial charge in [-0.05, 0) is 25.2 Å². The van der Waals surface area contributed by atoms with Crippen LogP contribution in [0.15, 0.2) is 0 Å². The van der Waals surface area contributed by atoms with Crippen molar-refractivity contribution in [2.45, 2.75) is 39.2 Å². The molecule has 0 aromatic heterocycles. The van der Waals surface area contributed by atoms with Crippen LogP contribution in [0, 0.1) is 5.92 Å². The van der Waals surface area contributed by atoms with Gasteiger partial charge in [0.1, 0.15) is 12.6 Å². The van der Waals surface area contributed by atoms with E-state index in [0.717, 1.165) is 12.8 Å². The zero-order valence-electron chi connectivity index (χ0n) is 12.9. The third-order valence-electron chi connectivity index (χ3n) is 3.40. The summed E-state index contributed by atoms with van der Waals surface area (Å²) in [5, 5.41) is 8.96. The number of rotatable bonds is 5. The number of methoxy groups -OCH3 is 1. The molecule has 1 heterocycles. The van der Waals surface area contributed by atoms with Crippen molar-refractivity contribution in [2.75, 3.05) is 26.7 Å². The molecule has 0 bridgehead atoms. The largest absolute Gasteiger partial charge is 0.480 e. The van der Waals surface area contributed by atoms with Crippen molar-refractivity contribution in [3.05, 3.63) is 0 Å². The number of carbonyl (C=O) groups excluding carboxylic acids is 2. The van der Waals surface area contributed by atoms with Gasteiger partial charge in [0.25, 0.3) is 0 Å². The molecule has 0 aromatic rings. The van der Waals surface area contributed by atoms with Crippen molar-refractivity contribution in [2.24, 2.45) is 5.92 Å². The Bertz CT molecular complexity index is 397. The fourth-order valence-electron chi connectivity index (χ4n) is 2.54. The first-order chi connectivity index (χ1) is 9.86. The van der Waals surface area contributed by atoms with Crippen LogP contribution in [-0.4, -0.2) is 65.7 Å². The van der Waals surface area contributed by atoms with Crippen LogP contribution < -0.4 is 0 Å². The van der Waals surface area contributed by atoms with Crippen molar-refractivity contribution in [1.29, 1.82) is 0 Å². The summed E-state index contributed by atoms with van der Waals surface area (Å²) in [6.45, 7) is 4.26. The van der Waals surface area contributed by atoms with Crippen molar-refractivity contribution in [1.82, 2.24) is 9.80 Å². The number of likely N-dealkylation sites (tertiary alicyclic amines) is 1. The van der Waals surface area contributed by atoms with E-state index in [-0.39, 0.29) is 12.5 Å². The lowest BCUT2D eigenvalue weighted by Gasteiger charge is -2.37. The fraction of sp³-hybridized carbons (Fsp3) is 0.786. The van der Waals surface area contributed by atoms with E-state index in [0.29, 0.717) is 19.5 Å². The number of carboxylic acid groups (broad SMARTS) is 1. The maximum atomic E-state index is 12.6. The molecule has 1 N–H and O–H groups in total. The van der Waals surface area contributed by atoms with Crippen molar-refractivity contribution in [3.8, 4) is 0 Å². The first-order valence-electron chi connectivity index (χ1n) is 7.22. The first kappa shape index (κ1) is 17.3. The highest BCUT2D eigenvalue weighted by molar-refractivity contribution is 5.85. The summed E-state index contributed by atoms with van der Waals surface area (Å²) in [5.41, 5.74) is 0. The zero-order valence-corrected chi connectivity index (χ0v) is 12.9. The van der Waals surface area contributed by atoms with Crippen LogP contribution in [-0.2, 0) is 14.3 Å². The minimum absolute atomic E-state index is 0.148. The lowest BCUT2D eigenvalue weighted by Crippen LogP contribution is -2.54. The Balaban J connectivity index is 2.87. The predicted molar refractivity (Wildman–Crippen MR) is 75.8 cm³/mol. The molecule has 2 amide bonds. The van der Waals surface area contributed by atoms with Crippen LogP contribution >= 0.6 is 0 Å². The highest BCUT2D eigenvalue weighted by atomic mass is 16.5. The van der Waals surface area contributed by atoms with Gasteiger partial charge in [-0.15, -0.1) is 0 Å². The van der Waals surface area contributed by atoms with E-state index in [9.17, 15) is 14.4 Å². The van der Waals surface area contributed by atoms with Gasteiger partial charge in [0.15, 0.2) is 0 Å². The molecule has 0 aromatic carbocycles. The second-order valence-corrected chi connectivity index (χ2v) is 5.68. The smallest absolute Gasteiger partial charge is 0.328 e. The van der Waals surface area contributed by atoms with E-state index in [4.69, 9.17) is 9.84 Å². The van der Waals surface area contributed by atoms with E-state index in [2.05, 4.69) is 0 Å². The number of aliphatic carboxylic acids is 1. The topological polar surface area (TPSA) is 87.2 Å². The molecule has 1 atom stereocenters. The quantitative estimate of drug-likeness (QED) is 0.770. The molecule has 0 radical (unpaired) electrons. The Morgan fingerprint density at radius 2 is 2.00 bits per heavy atom. The van der Waals surface area contributed by atoms with Gasteiger partial charge in [0.2, 0.25) is 0 Å². The van der Waals surface area contributed by atoms with Gasteiger partial charge in [-0.2, -0.15) is 0 Å². The van der Waals surface area contributed by atoms with Gasteiger partial charge in [-0.25, -0.2) is 9.59 Å². The van der Waals surface area contributed by atoms with Crippen LogP contribution in [0.1, 0.15) is 33.1 Å². The monoisotopic (exact) mass is 300 g/mol. The number of hydrogen-bond acceptors (Lipinski definition) is 4. The minimum Gasteiger partial charge on any atom is -0.480 e. The number of hydrogen-bond donors (Lipinski definition) is 1. The Labute approximate surface area is 124 Å². The molecule has 7 heteroatoms. The average Bonchev–Trinajstić information content (AvgIpc) is 2.44. The van der Waals surface area contributed by atoms with E-state index < -0.39 is 24.0 Å². The molecule has 0 saturated carbocycles. The first-order valence-corrected chi connectivity index (χ1v) is 7.22. The SMILES string of the molecule is COC(=O)C1CCCCN1C(=O)N(CC(=O)O)CC(C)C. The van der Waals surface area contributed by atoms with Crippen molar-refractivity contribution in [3.63, 3.8) is 0 Å². The van der Waals surface area contributed by atoms with Crippen LogP contribution in [0.2, 0.25) is 0 Å². The van der Waals surface area contributed by atoms with Crippen LogP contribution in [0.25, 0.3) is 0 Å². The molecule has 1 rings (SSSR count). The van der Waals surface area contributed by atoms with Crippen molar-refractivity contribution >= 4 is 18.0 Å². The third-order valence-corrected chi connectivity index (χ3v) is 3.40. The fourth-order valence-corrected chi connectivity index (χ4v) is 2.54. The summed E-state index contributed by atoms with van der Waals surface area (Å²) in [6, 6.07) is -1.01. The van der Waals surface area contributed by atoms with Gasteiger partial charge in [0.05, 0.1) is 7.11 Å². The van der Waals surface area contributed by atoms with Crippen LogP contribution in [0.5, 0.6) is 0 Å².